The fourth-order valence-electron chi connectivity index (χ4n) is 6.40. The predicted molar refractivity (Wildman–Crippen MR) is 136 cm³/mol. The molecule has 0 saturated carbocycles. The van der Waals surface area contributed by atoms with Crippen molar-refractivity contribution >= 4 is 0 Å². The maximum Gasteiger partial charge on any atom is 0.231 e. The monoisotopic (exact) mass is 617 g/mol. The van der Waals surface area contributed by atoms with Crippen LogP contribution in [-0.4, -0.2) is 50.2 Å². The van der Waals surface area contributed by atoms with E-state index in [1.165, 1.54) is 5.56 Å². The minimum atomic E-state index is -0.553. The number of nitrogens with zero attached hydrogens (tertiary/aromatic N) is 1. The van der Waals surface area contributed by atoms with E-state index >= 15 is 0 Å². The van der Waals surface area contributed by atoms with Crippen molar-refractivity contribution in [2.75, 3.05) is 34.5 Å². The number of rotatable bonds is 1. The molecule has 4 aliphatic heterocycles. The second-order valence-corrected chi connectivity index (χ2v) is 11.8. The van der Waals surface area contributed by atoms with E-state index in [9.17, 15) is 0 Å². The first kappa shape index (κ1) is 26.5. The molecule has 4 heterocycles. The van der Waals surface area contributed by atoms with Crippen LogP contribution in [0.2, 0.25) is 0 Å². The second kappa shape index (κ2) is 9.25. The van der Waals surface area contributed by atoms with Crippen LogP contribution >= 0.6 is 0 Å². The van der Waals surface area contributed by atoms with Crippen LogP contribution in [0.5, 0.6) is 23.0 Å². The van der Waals surface area contributed by atoms with Crippen LogP contribution in [0.3, 0.4) is 0 Å². The highest BCUT2D eigenvalue weighted by Crippen LogP contribution is 2.53. The molecule has 0 aliphatic carbocycles. The molecule has 198 valence electrons. The van der Waals surface area contributed by atoms with Gasteiger partial charge in [0.2, 0.25) is 12.5 Å². The summed E-state index contributed by atoms with van der Waals surface area (Å²) in [5.74, 6) is 10.7. The minimum Gasteiger partial charge on any atom is -1.00 e. The highest BCUT2D eigenvalue weighted by molar-refractivity contribution is 5.62. The molecule has 1 fully saturated rings. The number of fused-ring (bicyclic) bond motifs is 5. The first-order chi connectivity index (χ1) is 17.1. The standard InChI is InChI=1S/C30H36NO5.HI/c1-29(2)21-11-14-30(3,36-26(21)20-9-7-8-10-23(20)35-29)15-12-22-25-19(13-16-31(22,4)5)17-24-27(28(25)32-6)34-18-33-24;/h7-10,17,21-22,26H,11,13-14,16,18H2,1-6H3;1H/q+1;/p-1. The molecule has 0 spiro atoms. The summed E-state index contributed by atoms with van der Waals surface area (Å²) in [4.78, 5) is 0. The Labute approximate surface area is 237 Å². The Bertz CT molecular complexity index is 1280. The van der Waals surface area contributed by atoms with Gasteiger partial charge in [0.1, 0.15) is 17.0 Å². The number of quaternary nitrogens is 1. The number of methoxy groups -OCH3 is 1. The average Bonchev–Trinajstić information content (AvgIpc) is 3.30. The first-order valence-electron chi connectivity index (χ1n) is 12.9. The Hall–Kier alpha value is -2.15. The SMILES string of the molecule is COc1c2c(cc3c1C(C#CC1(C)CCC4C(O1)c1ccccc1OC4(C)C)[N+](C)(C)CC3)OCO2.[I-]. The van der Waals surface area contributed by atoms with Crippen molar-refractivity contribution in [2.24, 2.45) is 5.92 Å². The molecule has 6 nitrogen and oxygen atoms in total. The lowest BCUT2D eigenvalue weighted by Crippen LogP contribution is -3.00. The lowest BCUT2D eigenvalue weighted by atomic mass is 9.73. The van der Waals surface area contributed by atoms with Gasteiger partial charge in [-0.1, -0.05) is 24.1 Å². The first-order valence-corrected chi connectivity index (χ1v) is 12.9. The van der Waals surface area contributed by atoms with Crippen LogP contribution in [0.1, 0.15) is 62.4 Å². The van der Waals surface area contributed by atoms with Crippen LogP contribution in [0.4, 0.5) is 0 Å². The lowest BCUT2D eigenvalue weighted by molar-refractivity contribution is -0.914. The molecule has 4 unspecified atom stereocenters. The highest BCUT2D eigenvalue weighted by atomic mass is 127. The van der Waals surface area contributed by atoms with Crippen molar-refractivity contribution in [2.45, 2.75) is 63.4 Å². The van der Waals surface area contributed by atoms with E-state index in [1.54, 1.807) is 7.11 Å². The summed E-state index contributed by atoms with van der Waals surface area (Å²) in [7, 11) is 6.18. The third-order valence-corrected chi connectivity index (χ3v) is 8.53. The summed E-state index contributed by atoms with van der Waals surface area (Å²) < 4.78 is 31.4. The maximum atomic E-state index is 6.88. The molecule has 6 rings (SSSR count). The van der Waals surface area contributed by atoms with E-state index in [-0.39, 0.29) is 54.4 Å². The van der Waals surface area contributed by atoms with Crippen molar-refractivity contribution in [3.8, 4) is 34.8 Å². The van der Waals surface area contributed by atoms with E-state index in [4.69, 9.17) is 23.7 Å². The van der Waals surface area contributed by atoms with Crippen LogP contribution in [-0.2, 0) is 11.2 Å². The smallest absolute Gasteiger partial charge is 0.231 e. The average molecular weight is 618 g/mol. The molecule has 0 aromatic heterocycles. The third kappa shape index (κ3) is 4.35. The molecule has 4 atom stereocenters. The van der Waals surface area contributed by atoms with Gasteiger partial charge in [-0.15, -0.1) is 0 Å². The van der Waals surface area contributed by atoms with Crippen molar-refractivity contribution in [1.82, 2.24) is 0 Å². The van der Waals surface area contributed by atoms with E-state index in [2.05, 4.69) is 64.9 Å². The van der Waals surface area contributed by atoms with Gasteiger partial charge in [-0.25, -0.2) is 0 Å². The molecule has 0 amide bonds. The fourth-order valence-corrected chi connectivity index (χ4v) is 6.40. The van der Waals surface area contributed by atoms with Crippen LogP contribution in [0.15, 0.2) is 30.3 Å². The molecule has 0 N–H and O–H groups in total. The molecule has 2 aromatic rings. The van der Waals surface area contributed by atoms with E-state index in [0.29, 0.717) is 5.75 Å². The summed E-state index contributed by atoms with van der Waals surface area (Å²) in [6.07, 6.45) is 2.76. The van der Waals surface area contributed by atoms with Crippen molar-refractivity contribution in [3.63, 3.8) is 0 Å². The predicted octanol–water partition coefficient (Wildman–Crippen LogP) is 2.20. The molecule has 37 heavy (non-hydrogen) atoms. The van der Waals surface area contributed by atoms with Gasteiger partial charge >= 0.3 is 0 Å². The zero-order valence-electron chi connectivity index (χ0n) is 22.5. The normalized spacial score (nSPS) is 29.7. The van der Waals surface area contributed by atoms with E-state index < -0.39 is 5.60 Å². The van der Waals surface area contributed by atoms with Gasteiger partial charge in [-0.3, -0.25) is 0 Å². The Kier molecular flexibility index (Phi) is 6.61. The fraction of sp³-hybridized carbons (Fsp3) is 0.533. The van der Waals surface area contributed by atoms with Gasteiger partial charge in [0.25, 0.3) is 0 Å². The third-order valence-electron chi connectivity index (χ3n) is 8.53. The molecule has 0 bridgehead atoms. The molecule has 1 saturated heterocycles. The van der Waals surface area contributed by atoms with Crippen molar-refractivity contribution < 1.29 is 52.1 Å². The van der Waals surface area contributed by atoms with Crippen molar-refractivity contribution in [3.05, 3.63) is 47.0 Å². The largest absolute Gasteiger partial charge is 1.00 e. The topological polar surface area (TPSA) is 46.2 Å². The quantitative estimate of drug-likeness (QED) is 0.279. The van der Waals surface area contributed by atoms with Crippen LogP contribution < -0.4 is 42.9 Å². The number of benzene rings is 2. The van der Waals surface area contributed by atoms with Gasteiger partial charge in [0, 0.05) is 17.9 Å². The number of likely N-dealkylation sites (N-methyl/N-ethyl adjacent to an activating group) is 1. The summed E-state index contributed by atoms with van der Waals surface area (Å²) in [6, 6.07) is 10.3. The molecule has 7 heteroatoms. The summed E-state index contributed by atoms with van der Waals surface area (Å²) in [5.41, 5.74) is 2.62. The Balaban J connectivity index is 0.00000280. The molecule has 0 radical (unpaired) electrons. The number of hydrogen-bond acceptors (Lipinski definition) is 5. The summed E-state index contributed by atoms with van der Waals surface area (Å²) in [6.45, 7) is 7.69. The summed E-state index contributed by atoms with van der Waals surface area (Å²) >= 11 is 0. The second-order valence-electron chi connectivity index (χ2n) is 11.8. The summed E-state index contributed by atoms with van der Waals surface area (Å²) in [5, 5.41) is 0. The van der Waals surface area contributed by atoms with Gasteiger partial charge in [0.15, 0.2) is 17.5 Å². The molecule has 2 aromatic carbocycles. The van der Waals surface area contributed by atoms with Gasteiger partial charge < -0.3 is 52.1 Å². The molecule has 4 aliphatic rings. The van der Waals surface area contributed by atoms with Gasteiger partial charge in [0.05, 0.1) is 39.4 Å². The number of para-hydroxylation sites is 1. The molecular weight excluding hydrogens is 581 g/mol. The highest BCUT2D eigenvalue weighted by Gasteiger charge is 2.50. The van der Waals surface area contributed by atoms with Crippen LogP contribution in [0, 0.1) is 17.8 Å². The van der Waals surface area contributed by atoms with Crippen molar-refractivity contribution in [1.29, 1.82) is 0 Å². The van der Waals surface area contributed by atoms with Gasteiger partial charge in [-0.2, -0.15) is 0 Å². The Morgan fingerprint density at radius 3 is 2.65 bits per heavy atom. The molecular formula is C30H36INO5. The Morgan fingerprint density at radius 1 is 1.08 bits per heavy atom. The number of ether oxygens (including phenoxy) is 5. The number of halogens is 1. The zero-order chi connectivity index (χ0) is 25.3. The lowest BCUT2D eigenvalue weighted by Gasteiger charge is -2.50. The van der Waals surface area contributed by atoms with Gasteiger partial charge in [-0.05, 0) is 57.2 Å². The van der Waals surface area contributed by atoms with Crippen LogP contribution in [0.25, 0.3) is 0 Å². The van der Waals surface area contributed by atoms with E-state index in [1.807, 2.05) is 12.1 Å². The Morgan fingerprint density at radius 2 is 1.86 bits per heavy atom. The maximum absolute atomic E-state index is 6.88. The zero-order valence-corrected chi connectivity index (χ0v) is 24.7. The minimum absolute atomic E-state index is 0. The van der Waals surface area contributed by atoms with E-state index in [0.717, 1.165) is 58.7 Å². The number of hydrogen-bond donors (Lipinski definition) is 0.